The molecule has 1 aliphatic rings. The summed E-state index contributed by atoms with van der Waals surface area (Å²) >= 11 is 0. The Hall–Kier alpha value is -2.09. The number of nitrogens with one attached hydrogen (secondary N) is 1. The molecule has 1 saturated heterocycles. The monoisotopic (exact) mass is 382 g/mol. The van der Waals surface area contributed by atoms with E-state index in [1.54, 1.807) is 37.8 Å². The number of rotatable bonds is 3. The molecule has 2 amide bonds. The maximum atomic E-state index is 12.5. The molecule has 0 aliphatic carbocycles. The van der Waals surface area contributed by atoms with Crippen molar-refractivity contribution in [2.45, 2.75) is 44.1 Å². The molecular weight excluding hydrogens is 356 g/mol. The largest absolute Gasteiger partial charge is 0.444 e. The molecule has 0 bridgehead atoms. The highest BCUT2D eigenvalue weighted by Gasteiger charge is 2.31. The summed E-state index contributed by atoms with van der Waals surface area (Å²) in [5.41, 5.74) is -0.0509. The maximum Gasteiger partial charge on any atom is 0.410 e. The Balaban J connectivity index is 1.97. The lowest BCUT2D eigenvalue weighted by Gasteiger charge is -2.33. The van der Waals surface area contributed by atoms with Gasteiger partial charge in [-0.25, -0.2) is 13.2 Å². The fourth-order valence-corrected chi connectivity index (χ4v) is 3.34. The van der Waals surface area contributed by atoms with Crippen LogP contribution < -0.4 is 5.32 Å². The minimum atomic E-state index is -3.27. The molecule has 0 unspecified atom stereocenters. The summed E-state index contributed by atoms with van der Waals surface area (Å²) < 4.78 is 28.3. The number of anilines is 1. The molecule has 0 spiro atoms. The lowest BCUT2D eigenvalue weighted by Crippen LogP contribution is -2.45. The van der Waals surface area contributed by atoms with Gasteiger partial charge in [-0.15, -0.1) is 0 Å². The smallest absolute Gasteiger partial charge is 0.410 e. The van der Waals surface area contributed by atoms with Gasteiger partial charge in [0, 0.05) is 25.0 Å². The Morgan fingerprint density at radius 1 is 1.19 bits per heavy atom. The van der Waals surface area contributed by atoms with E-state index in [1.807, 2.05) is 0 Å². The standard InChI is InChI=1S/C18H26N2O5S/c1-18(2,3)25-17(22)20-11-5-6-13(12-20)16(21)19-14-7-9-15(10-8-14)26(4,23)24/h7-10,13H,5-6,11-12H2,1-4H3,(H,19,21)/t13-/m1/s1. The molecule has 1 aromatic carbocycles. The third-order valence-corrected chi connectivity index (χ3v) is 5.12. The Morgan fingerprint density at radius 2 is 1.81 bits per heavy atom. The number of piperidine rings is 1. The van der Waals surface area contributed by atoms with Gasteiger partial charge in [0.1, 0.15) is 5.60 Å². The first-order valence-electron chi connectivity index (χ1n) is 8.54. The number of likely N-dealkylation sites (tertiary alicyclic amines) is 1. The number of ether oxygens (including phenoxy) is 1. The highest BCUT2D eigenvalue weighted by Crippen LogP contribution is 2.21. The van der Waals surface area contributed by atoms with Gasteiger partial charge in [-0.2, -0.15) is 0 Å². The fraction of sp³-hybridized carbons (Fsp3) is 0.556. The summed E-state index contributed by atoms with van der Waals surface area (Å²) in [6.07, 6.45) is 2.14. The molecule has 1 N–H and O–H groups in total. The number of benzene rings is 1. The number of sulfone groups is 1. The van der Waals surface area contributed by atoms with Gasteiger partial charge in [0.05, 0.1) is 10.8 Å². The Labute approximate surface area is 154 Å². The van der Waals surface area contributed by atoms with Crippen LogP contribution in [0.4, 0.5) is 10.5 Å². The first-order valence-corrected chi connectivity index (χ1v) is 10.4. The summed E-state index contributed by atoms with van der Waals surface area (Å²) in [6.45, 7) is 6.29. The van der Waals surface area contributed by atoms with Crippen LogP contribution in [0.25, 0.3) is 0 Å². The Bertz CT molecular complexity index is 766. The van der Waals surface area contributed by atoms with Crippen molar-refractivity contribution in [1.29, 1.82) is 0 Å². The van der Waals surface area contributed by atoms with E-state index in [-0.39, 0.29) is 16.7 Å². The fourth-order valence-electron chi connectivity index (χ4n) is 2.71. The van der Waals surface area contributed by atoms with Crippen LogP contribution in [-0.4, -0.2) is 50.3 Å². The molecule has 2 rings (SSSR count). The summed E-state index contributed by atoms with van der Waals surface area (Å²) in [5, 5.41) is 2.79. The zero-order valence-corrected chi connectivity index (χ0v) is 16.4. The van der Waals surface area contributed by atoms with Crippen molar-refractivity contribution >= 4 is 27.5 Å². The second-order valence-electron chi connectivity index (χ2n) is 7.55. The third-order valence-electron chi connectivity index (χ3n) is 3.99. The number of hydrogen-bond acceptors (Lipinski definition) is 5. The van der Waals surface area contributed by atoms with Crippen LogP contribution in [0.3, 0.4) is 0 Å². The highest BCUT2D eigenvalue weighted by atomic mass is 32.2. The van der Waals surface area contributed by atoms with Gasteiger partial charge in [-0.05, 0) is 57.9 Å². The highest BCUT2D eigenvalue weighted by molar-refractivity contribution is 7.90. The van der Waals surface area contributed by atoms with Crippen LogP contribution in [0, 0.1) is 5.92 Å². The molecule has 26 heavy (non-hydrogen) atoms. The van der Waals surface area contributed by atoms with Gasteiger partial charge >= 0.3 is 6.09 Å². The number of nitrogens with zero attached hydrogens (tertiary/aromatic N) is 1. The molecule has 1 aromatic rings. The second kappa shape index (κ2) is 7.65. The zero-order chi connectivity index (χ0) is 19.5. The third kappa shape index (κ3) is 5.72. The molecule has 8 heteroatoms. The summed E-state index contributed by atoms with van der Waals surface area (Å²) in [4.78, 5) is 26.4. The van der Waals surface area contributed by atoms with E-state index in [0.717, 1.165) is 12.7 Å². The molecule has 1 atom stereocenters. The van der Waals surface area contributed by atoms with E-state index in [9.17, 15) is 18.0 Å². The lowest BCUT2D eigenvalue weighted by atomic mass is 9.97. The first-order chi connectivity index (χ1) is 12.0. The van der Waals surface area contributed by atoms with Gasteiger partial charge in [0.25, 0.3) is 0 Å². The maximum absolute atomic E-state index is 12.5. The van der Waals surface area contributed by atoms with Gasteiger partial charge in [0.15, 0.2) is 9.84 Å². The summed E-state index contributed by atoms with van der Waals surface area (Å²) in [7, 11) is -3.27. The summed E-state index contributed by atoms with van der Waals surface area (Å²) in [6, 6.07) is 6.03. The van der Waals surface area contributed by atoms with Crippen molar-refractivity contribution in [3.05, 3.63) is 24.3 Å². The van der Waals surface area contributed by atoms with E-state index < -0.39 is 21.5 Å². The molecular formula is C18H26N2O5S. The van der Waals surface area contributed by atoms with E-state index in [0.29, 0.717) is 25.2 Å². The molecule has 0 radical (unpaired) electrons. The van der Waals surface area contributed by atoms with E-state index in [4.69, 9.17) is 4.74 Å². The van der Waals surface area contributed by atoms with Crippen molar-refractivity contribution in [2.75, 3.05) is 24.7 Å². The van der Waals surface area contributed by atoms with Crippen LogP contribution in [-0.2, 0) is 19.4 Å². The van der Waals surface area contributed by atoms with E-state index in [1.165, 1.54) is 12.1 Å². The van der Waals surface area contributed by atoms with Crippen molar-refractivity contribution in [1.82, 2.24) is 4.90 Å². The van der Waals surface area contributed by atoms with Crippen molar-refractivity contribution in [2.24, 2.45) is 5.92 Å². The number of amides is 2. The van der Waals surface area contributed by atoms with Gasteiger partial charge < -0.3 is 15.0 Å². The van der Waals surface area contributed by atoms with E-state index >= 15 is 0 Å². The van der Waals surface area contributed by atoms with Crippen molar-refractivity contribution in [3.8, 4) is 0 Å². The lowest BCUT2D eigenvalue weighted by molar-refractivity contribution is -0.121. The van der Waals surface area contributed by atoms with Crippen LogP contribution in [0.2, 0.25) is 0 Å². The van der Waals surface area contributed by atoms with Gasteiger partial charge in [0.2, 0.25) is 5.91 Å². The van der Waals surface area contributed by atoms with Crippen LogP contribution in [0.5, 0.6) is 0 Å². The van der Waals surface area contributed by atoms with Crippen LogP contribution in [0.1, 0.15) is 33.6 Å². The number of hydrogen-bond donors (Lipinski definition) is 1. The minimum Gasteiger partial charge on any atom is -0.444 e. The SMILES string of the molecule is CC(C)(C)OC(=O)N1CCC[C@@H](C(=O)Nc2ccc(S(C)(=O)=O)cc2)C1. The summed E-state index contributed by atoms with van der Waals surface area (Å²) in [5.74, 6) is -0.517. The quantitative estimate of drug-likeness (QED) is 0.868. The molecule has 144 valence electrons. The van der Waals surface area contributed by atoms with Gasteiger partial charge in [-0.1, -0.05) is 0 Å². The number of carbonyl (C=O) groups is 2. The van der Waals surface area contributed by atoms with E-state index in [2.05, 4.69) is 5.32 Å². The molecule has 1 aliphatic heterocycles. The van der Waals surface area contributed by atoms with Crippen molar-refractivity contribution < 1.29 is 22.7 Å². The molecule has 1 fully saturated rings. The Kier molecular flexibility index (Phi) is 5.95. The topological polar surface area (TPSA) is 92.8 Å². The zero-order valence-electron chi connectivity index (χ0n) is 15.6. The van der Waals surface area contributed by atoms with Crippen LogP contribution in [0.15, 0.2) is 29.2 Å². The average Bonchev–Trinajstić information content (AvgIpc) is 2.53. The van der Waals surface area contributed by atoms with Gasteiger partial charge in [-0.3, -0.25) is 4.79 Å². The normalized spacial score (nSPS) is 18.3. The molecule has 0 aromatic heterocycles. The van der Waals surface area contributed by atoms with Crippen molar-refractivity contribution in [3.63, 3.8) is 0 Å². The second-order valence-corrected chi connectivity index (χ2v) is 9.57. The first kappa shape index (κ1) is 20.2. The average molecular weight is 382 g/mol. The molecule has 0 saturated carbocycles. The predicted molar refractivity (Wildman–Crippen MR) is 98.7 cm³/mol. The molecule has 7 nitrogen and oxygen atoms in total. The van der Waals surface area contributed by atoms with Crippen LogP contribution >= 0.6 is 0 Å². The number of carbonyl (C=O) groups excluding carboxylic acids is 2. The predicted octanol–water partition coefficient (Wildman–Crippen LogP) is 2.68. The Morgan fingerprint density at radius 3 is 2.35 bits per heavy atom. The minimum absolute atomic E-state index is 0.189. The molecule has 1 heterocycles.